The molecule has 3 rings (SSSR count). The normalized spacial score (nSPS) is 15.3. The van der Waals surface area contributed by atoms with Crippen molar-refractivity contribution >= 4 is 39.2 Å². The standard InChI is InChI=1S/C12H13N3O2S2/c16-8-15(11-2-1-3-18-11)4-9-7-19-12(13-9)14-5-10(17)6-14/h1-3,7-8,10,17H,4-6H2. The minimum Gasteiger partial charge on any atom is -0.389 e. The van der Waals surface area contributed by atoms with Crippen LogP contribution in [0.25, 0.3) is 0 Å². The van der Waals surface area contributed by atoms with Crippen LogP contribution in [0.1, 0.15) is 5.69 Å². The number of hydrogen-bond acceptors (Lipinski definition) is 6. The molecule has 0 bridgehead atoms. The largest absolute Gasteiger partial charge is 0.389 e. The summed E-state index contributed by atoms with van der Waals surface area (Å²) in [5.74, 6) is 0. The minimum absolute atomic E-state index is 0.232. The Kier molecular flexibility index (Phi) is 3.50. The van der Waals surface area contributed by atoms with E-state index in [1.807, 2.05) is 27.8 Å². The molecule has 1 saturated heterocycles. The summed E-state index contributed by atoms with van der Waals surface area (Å²) in [7, 11) is 0. The number of thiophene rings is 1. The van der Waals surface area contributed by atoms with E-state index in [9.17, 15) is 9.90 Å². The molecule has 19 heavy (non-hydrogen) atoms. The van der Waals surface area contributed by atoms with Crippen molar-refractivity contribution in [2.45, 2.75) is 12.6 Å². The highest BCUT2D eigenvalue weighted by atomic mass is 32.1. The highest BCUT2D eigenvalue weighted by Gasteiger charge is 2.26. The van der Waals surface area contributed by atoms with Crippen LogP contribution in [0.2, 0.25) is 0 Å². The van der Waals surface area contributed by atoms with Crippen LogP contribution < -0.4 is 9.80 Å². The van der Waals surface area contributed by atoms with E-state index in [1.54, 1.807) is 16.2 Å². The van der Waals surface area contributed by atoms with Gasteiger partial charge in [-0.05, 0) is 17.5 Å². The van der Waals surface area contributed by atoms with Gasteiger partial charge >= 0.3 is 0 Å². The van der Waals surface area contributed by atoms with Crippen molar-refractivity contribution in [3.63, 3.8) is 0 Å². The van der Waals surface area contributed by atoms with Crippen molar-refractivity contribution in [1.82, 2.24) is 4.98 Å². The number of aromatic nitrogens is 1. The molecular weight excluding hydrogens is 282 g/mol. The summed E-state index contributed by atoms with van der Waals surface area (Å²) in [5.41, 5.74) is 0.877. The van der Waals surface area contributed by atoms with Gasteiger partial charge in [-0.3, -0.25) is 4.79 Å². The molecule has 100 valence electrons. The van der Waals surface area contributed by atoms with Crippen LogP contribution in [-0.2, 0) is 11.3 Å². The summed E-state index contributed by atoms with van der Waals surface area (Å²) in [6.45, 7) is 1.78. The lowest BCUT2D eigenvalue weighted by atomic mass is 10.2. The van der Waals surface area contributed by atoms with Crippen molar-refractivity contribution in [3.8, 4) is 0 Å². The van der Waals surface area contributed by atoms with Gasteiger partial charge in [0.1, 0.15) is 0 Å². The third-order valence-electron chi connectivity index (χ3n) is 2.92. The summed E-state index contributed by atoms with van der Waals surface area (Å²) in [6.07, 6.45) is 0.600. The molecule has 0 aromatic carbocycles. The molecule has 0 spiro atoms. The van der Waals surface area contributed by atoms with Gasteiger partial charge in [-0.25, -0.2) is 4.98 Å². The number of anilines is 2. The second-order valence-electron chi connectivity index (χ2n) is 4.36. The first-order chi connectivity index (χ1) is 9.26. The molecule has 0 unspecified atom stereocenters. The third kappa shape index (κ3) is 2.63. The van der Waals surface area contributed by atoms with Gasteiger partial charge in [0.05, 0.1) is 23.3 Å². The fraction of sp³-hybridized carbons (Fsp3) is 0.333. The van der Waals surface area contributed by atoms with E-state index in [4.69, 9.17) is 0 Å². The van der Waals surface area contributed by atoms with Crippen LogP contribution in [0, 0.1) is 0 Å². The maximum Gasteiger partial charge on any atom is 0.215 e. The maximum absolute atomic E-state index is 11.1. The topological polar surface area (TPSA) is 56.7 Å². The van der Waals surface area contributed by atoms with E-state index in [1.165, 1.54) is 11.3 Å². The molecule has 5 nitrogen and oxygen atoms in total. The van der Waals surface area contributed by atoms with E-state index in [0.717, 1.165) is 22.2 Å². The van der Waals surface area contributed by atoms with Gasteiger partial charge in [-0.2, -0.15) is 0 Å². The summed E-state index contributed by atoms with van der Waals surface area (Å²) in [6, 6.07) is 3.84. The zero-order valence-corrected chi connectivity index (χ0v) is 11.7. The van der Waals surface area contributed by atoms with Crippen LogP contribution in [0.15, 0.2) is 22.9 Å². The molecule has 1 amide bonds. The summed E-state index contributed by atoms with van der Waals surface area (Å²) < 4.78 is 0. The highest BCUT2D eigenvalue weighted by molar-refractivity contribution is 7.14. The zero-order valence-electron chi connectivity index (χ0n) is 10.1. The predicted molar refractivity (Wildman–Crippen MR) is 76.9 cm³/mol. The first-order valence-electron chi connectivity index (χ1n) is 5.89. The predicted octanol–water partition coefficient (Wildman–Crippen LogP) is 1.55. The third-order valence-corrected chi connectivity index (χ3v) is 4.78. The number of nitrogens with zero attached hydrogens (tertiary/aromatic N) is 3. The maximum atomic E-state index is 11.1. The Bertz CT molecular complexity index is 549. The molecule has 0 saturated carbocycles. The zero-order chi connectivity index (χ0) is 13.2. The molecule has 1 N–H and O–H groups in total. The molecule has 1 aliphatic heterocycles. The Hall–Kier alpha value is -1.44. The van der Waals surface area contributed by atoms with E-state index in [0.29, 0.717) is 19.6 Å². The van der Waals surface area contributed by atoms with Crippen LogP contribution in [0.4, 0.5) is 10.1 Å². The van der Waals surface area contributed by atoms with Gasteiger partial charge in [-0.1, -0.05) is 0 Å². The van der Waals surface area contributed by atoms with Gasteiger partial charge in [0.25, 0.3) is 0 Å². The van der Waals surface area contributed by atoms with Gasteiger partial charge in [0.2, 0.25) is 6.41 Å². The summed E-state index contributed by atoms with van der Waals surface area (Å²) in [5, 5.41) is 15.0. The highest BCUT2D eigenvalue weighted by Crippen LogP contribution is 2.27. The van der Waals surface area contributed by atoms with E-state index in [-0.39, 0.29) is 6.10 Å². The van der Waals surface area contributed by atoms with Gasteiger partial charge in [0.15, 0.2) is 5.13 Å². The van der Waals surface area contributed by atoms with E-state index < -0.39 is 0 Å². The number of carbonyl (C=O) groups is 1. The molecule has 0 atom stereocenters. The number of amides is 1. The number of β-amino-alcohol motifs (C(OH)–C–C–N with tert-alkyl or cyclic N) is 1. The Morgan fingerprint density at radius 1 is 1.53 bits per heavy atom. The second-order valence-corrected chi connectivity index (χ2v) is 6.13. The quantitative estimate of drug-likeness (QED) is 0.850. The number of aliphatic hydroxyl groups is 1. The molecule has 3 heterocycles. The lowest BCUT2D eigenvalue weighted by Crippen LogP contribution is -2.50. The van der Waals surface area contributed by atoms with Crippen molar-refractivity contribution in [3.05, 3.63) is 28.6 Å². The molecule has 0 aliphatic carbocycles. The molecule has 7 heteroatoms. The number of carbonyl (C=O) groups excluding carboxylic acids is 1. The average molecular weight is 295 g/mol. The molecular formula is C12H13N3O2S2. The van der Waals surface area contributed by atoms with Gasteiger partial charge in [0, 0.05) is 18.5 Å². The second kappa shape index (κ2) is 5.28. The van der Waals surface area contributed by atoms with Crippen LogP contribution >= 0.6 is 22.7 Å². The van der Waals surface area contributed by atoms with Crippen LogP contribution in [-0.4, -0.2) is 35.7 Å². The Morgan fingerprint density at radius 2 is 2.37 bits per heavy atom. The van der Waals surface area contributed by atoms with E-state index >= 15 is 0 Å². The Morgan fingerprint density at radius 3 is 3.00 bits per heavy atom. The number of hydrogen-bond donors (Lipinski definition) is 1. The number of aliphatic hydroxyl groups excluding tert-OH is 1. The minimum atomic E-state index is -0.232. The van der Waals surface area contributed by atoms with Crippen LogP contribution in [0.3, 0.4) is 0 Å². The first kappa shape index (κ1) is 12.6. The number of rotatable bonds is 5. The van der Waals surface area contributed by atoms with Gasteiger partial charge in [-0.15, -0.1) is 22.7 Å². The SMILES string of the molecule is O=CN(Cc1csc(N2CC(O)C2)n1)c1cccs1. The first-order valence-corrected chi connectivity index (χ1v) is 7.65. The smallest absolute Gasteiger partial charge is 0.215 e. The molecule has 1 fully saturated rings. The molecule has 0 radical (unpaired) electrons. The van der Waals surface area contributed by atoms with Crippen molar-refractivity contribution in [1.29, 1.82) is 0 Å². The summed E-state index contributed by atoms with van der Waals surface area (Å²) >= 11 is 3.08. The molecule has 1 aliphatic rings. The average Bonchev–Trinajstić information content (AvgIpc) is 3.03. The fourth-order valence-corrected chi connectivity index (χ4v) is 3.43. The van der Waals surface area contributed by atoms with Crippen molar-refractivity contribution < 1.29 is 9.90 Å². The van der Waals surface area contributed by atoms with Gasteiger partial charge < -0.3 is 14.9 Å². The van der Waals surface area contributed by atoms with Crippen molar-refractivity contribution in [2.75, 3.05) is 22.9 Å². The monoisotopic (exact) mass is 295 g/mol. The lowest BCUT2D eigenvalue weighted by Gasteiger charge is -2.35. The Balaban J connectivity index is 1.68. The van der Waals surface area contributed by atoms with E-state index in [2.05, 4.69) is 4.98 Å². The van der Waals surface area contributed by atoms with Crippen molar-refractivity contribution in [2.24, 2.45) is 0 Å². The number of thiazole rings is 1. The summed E-state index contributed by atoms with van der Waals surface area (Å²) in [4.78, 5) is 19.3. The molecule has 2 aromatic rings. The lowest BCUT2D eigenvalue weighted by molar-refractivity contribution is -0.107. The molecule has 2 aromatic heterocycles. The Labute approximate surface area is 118 Å². The fourth-order valence-electron chi connectivity index (χ4n) is 1.90. The van der Waals surface area contributed by atoms with Crippen LogP contribution in [0.5, 0.6) is 0 Å².